The zero-order valence-electron chi connectivity index (χ0n) is 8.69. The fourth-order valence-corrected chi connectivity index (χ4v) is 1.73. The maximum atomic E-state index is 10.8. The average Bonchev–Trinajstić information content (AvgIpc) is 2.62. The number of rotatable bonds is 5. The molecule has 1 aliphatic rings. The van der Waals surface area contributed by atoms with Crippen LogP contribution in [0.2, 0.25) is 0 Å². The average molecular weight is 200 g/mol. The smallest absolute Gasteiger partial charge is 0.307 e. The van der Waals surface area contributed by atoms with Crippen LogP contribution in [0, 0.1) is 17.3 Å². The van der Waals surface area contributed by atoms with Crippen molar-refractivity contribution < 1.29 is 19.7 Å². The fourth-order valence-electron chi connectivity index (χ4n) is 1.73. The first-order valence-corrected chi connectivity index (χ1v) is 4.69. The van der Waals surface area contributed by atoms with E-state index in [9.17, 15) is 4.79 Å². The number of hydrogen-bond acceptors (Lipinski definition) is 3. The van der Waals surface area contributed by atoms with Crippen LogP contribution in [-0.2, 0) is 14.6 Å². The molecule has 1 aliphatic carbocycles. The van der Waals surface area contributed by atoms with E-state index in [1.54, 1.807) is 6.08 Å². The van der Waals surface area contributed by atoms with Gasteiger partial charge in [0.2, 0.25) is 0 Å². The van der Waals surface area contributed by atoms with Crippen molar-refractivity contribution in [2.75, 3.05) is 6.61 Å². The van der Waals surface area contributed by atoms with E-state index in [1.165, 1.54) is 6.26 Å². The lowest BCUT2D eigenvalue weighted by molar-refractivity contribution is -0.244. The van der Waals surface area contributed by atoms with Crippen molar-refractivity contribution in [3.8, 4) is 0 Å². The van der Waals surface area contributed by atoms with E-state index in [-0.39, 0.29) is 17.3 Å². The summed E-state index contributed by atoms with van der Waals surface area (Å²) in [6, 6.07) is 0. The normalized spacial score (nSPS) is 29.1. The summed E-state index contributed by atoms with van der Waals surface area (Å²) in [6.07, 6.45) is 3.16. The van der Waals surface area contributed by atoms with Gasteiger partial charge in [0, 0.05) is 0 Å². The minimum Gasteiger partial charge on any atom is -0.481 e. The standard InChI is InChI=1S/C10H16O4/c1-4-13-14-6-5-7-8(9(11)12)10(7,2)3/h5-8H,4H2,1-3H3,(H,11,12). The van der Waals surface area contributed by atoms with E-state index in [0.717, 1.165) is 0 Å². The van der Waals surface area contributed by atoms with Gasteiger partial charge in [0.25, 0.3) is 0 Å². The minimum absolute atomic E-state index is 0.0421. The van der Waals surface area contributed by atoms with Gasteiger partial charge in [0.15, 0.2) is 0 Å². The molecule has 0 saturated heterocycles. The van der Waals surface area contributed by atoms with E-state index in [2.05, 4.69) is 9.78 Å². The summed E-state index contributed by atoms with van der Waals surface area (Å²) in [5, 5.41) is 8.86. The van der Waals surface area contributed by atoms with Gasteiger partial charge >= 0.3 is 5.97 Å². The number of allylic oxidation sites excluding steroid dienone is 1. The Morgan fingerprint density at radius 2 is 2.21 bits per heavy atom. The molecule has 0 aromatic rings. The lowest BCUT2D eigenvalue weighted by Crippen LogP contribution is -2.02. The Balaban J connectivity index is 2.41. The van der Waals surface area contributed by atoms with Crippen molar-refractivity contribution in [1.82, 2.24) is 0 Å². The first kappa shape index (κ1) is 11.0. The molecule has 0 aromatic carbocycles. The predicted molar refractivity (Wildman–Crippen MR) is 50.2 cm³/mol. The van der Waals surface area contributed by atoms with Gasteiger partial charge in [-0.2, -0.15) is 4.89 Å². The molecule has 0 aromatic heterocycles. The Bertz CT molecular complexity index is 245. The van der Waals surface area contributed by atoms with Crippen LogP contribution in [0.3, 0.4) is 0 Å². The van der Waals surface area contributed by atoms with Crippen molar-refractivity contribution in [1.29, 1.82) is 0 Å². The highest BCUT2D eigenvalue weighted by atomic mass is 17.2. The van der Waals surface area contributed by atoms with Gasteiger partial charge in [0.1, 0.15) is 6.26 Å². The lowest BCUT2D eigenvalue weighted by atomic mass is 10.1. The third-order valence-electron chi connectivity index (χ3n) is 2.70. The van der Waals surface area contributed by atoms with Crippen LogP contribution in [0.1, 0.15) is 20.8 Å². The molecule has 0 radical (unpaired) electrons. The minimum atomic E-state index is -0.749. The number of carbonyl (C=O) groups is 1. The summed E-state index contributed by atoms with van der Waals surface area (Å²) in [4.78, 5) is 20.1. The molecule has 0 spiro atoms. The molecule has 1 N–H and O–H groups in total. The second-order valence-corrected chi connectivity index (χ2v) is 3.99. The zero-order chi connectivity index (χ0) is 10.8. The topological polar surface area (TPSA) is 55.8 Å². The van der Waals surface area contributed by atoms with Crippen molar-refractivity contribution in [2.45, 2.75) is 20.8 Å². The quantitative estimate of drug-likeness (QED) is 0.318. The molecule has 1 saturated carbocycles. The summed E-state index contributed by atoms with van der Waals surface area (Å²) in [6.45, 7) is 6.15. The van der Waals surface area contributed by atoms with Gasteiger partial charge in [-0.1, -0.05) is 13.8 Å². The van der Waals surface area contributed by atoms with Crippen LogP contribution in [0.5, 0.6) is 0 Å². The highest BCUT2D eigenvalue weighted by molar-refractivity contribution is 5.76. The summed E-state index contributed by atoms with van der Waals surface area (Å²) >= 11 is 0. The van der Waals surface area contributed by atoms with Crippen molar-refractivity contribution >= 4 is 5.97 Å². The SMILES string of the molecule is CCOOC=CC1C(C(=O)O)C1(C)C. The Morgan fingerprint density at radius 1 is 1.57 bits per heavy atom. The second kappa shape index (κ2) is 4.00. The summed E-state index contributed by atoms with van der Waals surface area (Å²) < 4.78 is 0. The van der Waals surface area contributed by atoms with Crippen LogP contribution in [-0.4, -0.2) is 17.7 Å². The third kappa shape index (κ3) is 2.07. The van der Waals surface area contributed by atoms with E-state index in [1.807, 2.05) is 20.8 Å². The molecule has 1 fully saturated rings. The fraction of sp³-hybridized carbons (Fsp3) is 0.700. The second-order valence-electron chi connectivity index (χ2n) is 3.99. The molecule has 4 heteroatoms. The lowest BCUT2D eigenvalue weighted by Gasteiger charge is -1.97. The molecule has 80 valence electrons. The Hall–Kier alpha value is -1.03. The van der Waals surface area contributed by atoms with E-state index in [0.29, 0.717) is 6.61 Å². The largest absolute Gasteiger partial charge is 0.481 e. The van der Waals surface area contributed by atoms with Crippen molar-refractivity contribution in [3.63, 3.8) is 0 Å². The van der Waals surface area contributed by atoms with Crippen molar-refractivity contribution in [3.05, 3.63) is 12.3 Å². The van der Waals surface area contributed by atoms with Gasteiger partial charge in [0.05, 0.1) is 12.5 Å². The summed E-state index contributed by atoms with van der Waals surface area (Å²) in [7, 11) is 0. The van der Waals surface area contributed by atoms with Crippen LogP contribution in [0.25, 0.3) is 0 Å². The molecular formula is C10H16O4. The van der Waals surface area contributed by atoms with Crippen LogP contribution >= 0.6 is 0 Å². The van der Waals surface area contributed by atoms with E-state index in [4.69, 9.17) is 5.11 Å². The Labute approximate surface area is 83.4 Å². The molecule has 1 rings (SSSR count). The van der Waals surface area contributed by atoms with Gasteiger partial charge in [-0.05, 0) is 24.3 Å². The van der Waals surface area contributed by atoms with Crippen LogP contribution < -0.4 is 0 Å². The molecule has 4 nitrogen and oxygen atoms in total. The highest BCUT2D eigenvalue weighted by Gasteiger charge is 2.60. The number of carboxylic acids is 1. The number of carboxylic acid groups (broad SMARTS) is 1. The summed E-state index contributed by atoms with van der Waals surface area (Å²) in [5.74, 6) is -1.01. The zero-order valence-corrected chi connectivity index (χ0v) is 8.69. The Kier molecular flexibility index (Phi) is 3.16. The molecule has 0 amide bonds. The van der Waals surface area contributed by atoms with E-state index < -0.39 is 5.97 Å². The van der Waals surface area contributed by atoms with Crippen LogP contribution in [0.15, 0.2) is 12.3 Å². The highest BCUT2D eigenvalue weighted by Crippen LogP contribution is 2.58. The monoisotopic (exact) mass is 200 g/mol. The van der Waals surface area contributed by atoms with Gasteiger partial charge in [-0.25, -0.2) is 0 Å². The Morgan fingerprint density at radius 3 is 2.64 bits per heavy atom. The first-order chi connectivity index (χ1) is 6.51. The molecule has 0 aliphatic heterocycles. The van der Waals surface area contributed by atoms with Crippen LogP contribution in [0.4, 0.5) is 0 Å². The maximum absolute atomic E-state index is 10.8. The summed E-state index contributed by atoms with van der Waals surface area (Å²) in [5.41, 5.74) is -0.169. The van der Waals surface area contributed by atoms with E-state index >= 15 is 0 Å². The number of hydrogen-bond donors (Lipinski definition) is 1. The third-order valence-corrected chi connectivity index (χ3v) is 2.70. The number of aliphatic carboxylic acids is 1. The maximum Gasteiger partial charge on any atom is 0.307 e. The molecule has 0 heterocycles. The molecule has 0 bridgehead atoms. The van der Waals surface area contributed by atoms with Gasteiger partial charge in [-0.3, -0.25) is 4.79 Å². The van der Waals surface area contributed by atoms with Crippen molar-refractivity contribution in [2.24, 2.45) is 17.3 Å². The predicted octanol–water partition coefficient (Wildman–Crippen LogP) is 1.82. The van der Waals surface area contributed by atoms with Gasteiger partial charge < -0.3 is 9.99 Å². The van der Waals surface area contributed by atoms with Gasteiger partial charge in [-0.15, -0.1) is 0 Å². The molecule has 2 unspecified atom stereocenters. The molecule has 14 heavy (non-hydrogen) atoms. The molecular weight excluding hydrogens is 184 g/mol. The molecule has 2 atom stereocenters. The first-order valence-electron chi connectivity index (χ1n) is 4.69.